The molecular weight excluding hydrogens is 1030 g/mol. The molecule has 4 aromatic carbocycles. The second kappa shape index (κ2) is 31.8. The molecule has 0 amide bonds. The monoisotopic (exact) mass is 1100 g/mol. The van der Waals surface area contributed by atoms with E-state index in [2.05, 4.69) is 109 Å². The van der Waals surface area contributed by atoms with Gasteiger partial charge in [0.1, 0.15) is 0 Å². The molecule has 4 fully saturated rings. The SMILES string of the molecule is [C-]1=CC=CC1.[C-]1=CC=CC1.[Cl-].[Cl-].[Zr+2]=[Si](C1CCCCC1)C1CCCCC1.[Zr+2]=[Si](C1CCCCC1)C1CCCCC1.[c-]1cccc2c1Cc1ccccc1-2.[c-]1cccc2c1Cc1ccccc1-2. The topological polar surface area (TPSA) is 0 Å². The van der Waals surface area contributed by atoms with Gasteiger partial charge in [0.2, 0.25) is 0 Å². The predicted octanol–water partition coefficient (Wildman–Crippen LogP) is 11.1. The molecule has 12 rings (SSSR count). The zero-order valence-corrected chi connectivity index (χ0v) is 48.0. The maximum absolute atomic E-state index is 3.30. The Labute approximate surface area is 444 Å². The molecule has 66 heavy (non-hydrogen) atoms. The van der Waals surface area contributed by atoms with Crippen molar-refractivity contribution in [2.45, 2.75) is 176 Å². The molecule has 0 unspecified atom stereocenters. The molecule has 8 aliphatic carbocycles. The summed E-state index contributed by atoms with van der Waals surface area (Å²) in [5.74, 6) is 0. The quantitative estimate of drug-likeness (QED) is 0.122. The van der Waals surface area contributed by atoms with Crippen LogP contribution in [0.25, 0.3) is 22.3 Å². The summed E-state index contributed by atoms with van der Waals surface area (Å²) in [4.78, 5) is 0. The summed E-state index contributed by atoms with van der Waals surface area (Å²) in [5.41, 5.74) is 16.1. The Kier molecular flexibility index (Phi) is 26.7. The normalized spacial score (nSPS) is 18.7. The molecule has 4 saturated carbocycles. The van der Waals surface area contributed by atoms with Crippen LogP contribution in [-0.2, 0) is 59.5 Å². The number of halogens is 2. The molecule has 8 aliphatic rings. The zero-order valence-electron chi connectivity index (χ0n) is 39.6. The molecule has 0 aromatic heterocycles. The zero-order chi connectivity index (χ0) is 44.0. The van der Waals surface area contributed by atoms with Gasteiger partial charge in [-0.1, -0.05) is 70.8 Å². The fraction of sp³-hybridized carbons (Fsp3) is 0.467. The molecule has 0 saturated heterocycles. The van der Waals surface area contributed by atoms with Crippen molar-refractivity contribution < 1.29 is 71.5 Å². The molecule has 0 nitrogen and oxygen atoms in total. The Morgan fingerprint density at radius 2 is 0.712 bits per heavy atom. The maximum Gasteiger partial charge on any atom is -0.0253 e. The van der Waals surface area contributed by atoms with Crippen LogP contribution in [0.1, 0.15) is 164 Å². The van der Waals surface area contributed by atoms with E-state index in [4.69, 9.17) is 0 Å². The fourth-order valence-electron chi connectivity index (χ4n) is 11.0. The van der Waals surface area contributed by atoms with Gasteiger partial charge in [-0.3, -0.25) is 12.2 Å². The maximum atomic E-state index is 3.30. The van der Waals surface area contributed by atoms with E-state index in [-0.39, 0.29) is 35.7 Å². The van der Waals surface area contributed by atoms with E-state index in [1.165, 1.54) is 92.4 Å². The summed E-state index contributed by atoms with van der Waals surface area (Å²) in [6.07, 6.45) is 53.5. The number of rotatable bonds is 4. The van der Waals surface area contributed by atoms with Crippen molar-refractivity contribution in [3.8, 4) is 22.3 Å². The summed E-state index contributed by atoms with van der Waals surface area (Å²) in [5, 5.41) is 0. The van der Waals surface area contributed by atoms with Crippen molar-refractivity contribution >= 4 is 10.9 Å². The average Bonchev–Trinajstić information content (AvgIpc) is 4.25. The van der Waals surface area contributed by atoms with Gasteiger partial charge in [0.25, 0.3) is 0 Å². The van der Waals surface area contributed by atoms with Gasteiger partial charge in [0, 0.05) is 0 Å². The first-order chi connectivity index (χ1) is 31.7. The molecule has 0 aliphatic heterocycles. The summed E-state index contributed by atoms with van der Waals surface area (Å²) in [6, 6.07) is 36.2. The third-order valence-electron chi connectivity index (χ3n) is 14.6. The molecule has 344 valence electrons. The molecular formula is C60H72Cl2Si2Zr2-2. The van der Waals surface area contributed by atoms with Crippen LogP contribution >= 0.6 is 0 Å². The molecule has 0 bridgehead atoms. The molecule has 4 aromatic rings. The predicted molar refractivity (Wildman–Crippen MR) is 269 cm³/mol. The van der Waals surface area contributed by atoms with Gasteiger partial charge < -0.3 is 24.8 Å². The van der Waals surface area contributed by atoms with Gasteiger partial charge in [0.05, 0.1) is 0 Å². The van der Waals surface area contributed by atoms with Gasteiger partial charge in [-0.2, -0.15) is 71.8 Å². The smallest absolute Gasteiger partial charge is 0.0253 e. The third kappa shape index (κ3) is 17.5. The van der Waals surface area contributed by atoms with Crippen molar-refractivity contribution in [2.24, 2.45) is 0 Å². The second-order valence-corrected chi connectivity index (χ2v) is 32.7. The fourth-order valence-corrected chi connectivity index (χ4v) is 25.0. The van der Waals surface area contributed by atoms with Gasteiger partial charge in [0.15, 0.2) is 0 Å². The number of hydrogen-bond donors (Lipinski definition) is 0. The Bertz CT molecular complexity index is 1880. The average molecular weight is 1100 g/mol. The summed E-state index contributed by atoms with van der Waals surface area (Å²) >= 11 is 3.90. The minimum absolute atomic E-state index is 0. The third-order valence-corrected chi connectivity index (χ3v) is 32.5. The van der Waals surface area contributed by atoms with E-state index in [0.29, 0.717) is 0 Å². The minimum Gasteiger partial charge on any atom is -0.179 e. The number of fused-ring (bicyclic) bond motifs is 6. The summed E-state index contributed by atoms with van der Waals surface area (Å²) in [7, 11) is 0. The Hall–Kier alpha value is -1.38. The first-order valence-electron chi connectivity index (χ1n) is 25.4. The summed E-state index contributed by atoms with van der Waals surface area (Å²) in [6.45, 7) is 0. The van der Waals surface area contributed by atoms with Crippen LogP contribution < -0.4 is 24.8 Å². The van der Waals surface area contributed by atoms with Crippen molar-refractivity contribution in [1.82, 2.24) is 0 Å². The van der Waals surface area contributed by atoms with E-state index in [1.807, 2.05) is 83.1 Å². The van der Waals surface area contributed by atoms with Crippen LogP contribution in [-0.4, -0.2) is 10.9 Å². The van der Waals surface area contributed by atoms with Gasteiger partial charge in [-0.05, 0) is 12.8 Å². The van der Waals surface area contributed by atoms with E-state index < -0.39 is 0 Å². The Morgan fingerprint density at radius 3 is 1.00 bits per heavy atom. The molecule has 0 N–H and O–H groups in total. The number of benzene rings is 4. The molecule has 0 spiro atoms. The van der Waals surface area contributed by atoms with E-state index in [1.54, 1.807) is 103 Å². The minimum atomic E-state index is 0. The largest absolute Gasteiger partial charge is 0.179 e. The number of hydrogen-bond acceptors (Lipinski definition) is 0. The van der Waals surface area contributed by atoms with Crippen LogP contribution in [0, 0.1) is 24.3 Å². The van der Waals surface area contributed by atoms with Crippen LogP contribution in [0.4, 0.5) is 0 Å². The van der Waals surface area contributed by atoms with Crippen molar-refractivity contribution in [2.75, 3.05) is 0 Å². The standard InChI is InChI=1S/2C13H9.2C12H22Si.2C5H5.2ClH.2Zr/c2*1-3-7-12-10(5-1)9-11-6-2-4-8-13(11)12;2*1-3-7-11(8-4-1)13-12-9-5-2-6-10-12;2*1-2-4-5-3-1;;;;/h2*1-5,7-8H,9H2;2*11-12H,1-10H2;2*1-3H,4H2;2*1H;;/q2*-1;;;2*-1;;;2*+2/p-2. The second-order valence-electron chi connectivity index (χ2n) is 19.0. The van der Waals surface area contributed by atoms with E-state index in [9.17, 15) is 0 Å². The Balaban J connectivity index is 0.000000152. The van der Waals surface area contributed by atoms with E-state index in [0.717, 1.165) is 25.7 Å². The number of allylic oxidation sites excluding steroid dienone is 8. The molecule has 6 heteroatoms. The van der Waals surface area contributed by atoms with Crippen LogP contribution in [0.3, 0.4) is 0 Å². The molecule has 0 heterocycles. The van der Waals surface area contributed by atoms with Crippen LogP contribution in [0.5, 0.6) is 0 Å². The molecule has 0 atom stereocenters. The van der Waals surface area contributed by atoms with Gasteiger partial charge >= 0.3 is 208 Å². The van der Waals surface area contributed by atoms with Crippen molar-refractivity contribution in [3.05, 3.63) is 168 Å². The van der Waals surface area contributed by atoms with Gasteiger partial charge in [-0.25, -0.2) is 24.3 Å². The van der Waals surface area contributed by atoms with Crippen molar-refractivity contribution in [3.63, 3.8) is 0 Å². The van der Waals surface area contributed by atoms with Crippen molar-refractivity contribution in [1.29, 1.82) is 0 Å². The molecule has 0 radical (unpaired) electrons. The van der Waals surface area contributed by atoms with Gasteiger partial charge in [-0.15, -0.1) is 24.0 Å². The Morgan fingerprint density at radius 1 is 0.394 bits per heavy atom. The van der Waals surface area contributed by atoms with Crippen LogP contribution in [0.2, 0.25) is 22.2 Å². The summed E-state index contributed by atoms with van der Waals surface area (Å²) < 4.78 is 0. The first kappa shape index (κ1) is 55.5. The first-order valence-corrected chi connectivity index (χ1v) is 36.1. The van der Waals surface area contributed by atoms with Crippen LogP contribution in [0.15, 0.2) is 121 Å². The van der Waals surface area contributed by atoms with E-state index >= 15 is 0 Å².